The number of carbonyl (C=O) groups is 4. The number of methoxy groups -OCH3 is 2. The molecular weight excluding hydrogens is 901 g/mol. The third-order valence-electron chi connectivity index (χ3n) is 16.2. The first kappa shape index (κ1) is 50.2. The predicted octanol–water partition coefficient (Wildman–Crippen LogP) is 9.51. The van der Waals surface area contributed by atoms with Crippen molar-refractivity contribution in [2.75, 3.05) is 14.2 Å². The summed E-state index contributed by atoms with van der Waals surface area (Å²) >= 11 is 0. The van der Waals surface area contributed by atoms with Gasteiger partial charge in [-0.15, -0.1) is 0 Å². The monoisotopic (exact) mass is 975 g/mol. The summed E-state index contributed by atoms with van der Waals surface area (Å²) in [4.78, 5) is 75.2. The van der Waals surface area contributed by atoms with E-state index in [4.69, 9.17) is 28.9 Å². The van der Waals surface area contributed by atoms with Gasteiger partial charge in [-0.05, 0) is 151 Å². The zero-order valence-corrected chi connectivity index (χ0v) is 41.4. The van der Waals surface area contributed by atoms with Gasteiger partial charge in [-0.25, -0.2) is 19.6 Å². The van der Waals surface area contributed by atoms with Gasteiger partial charge < -0.3 is 49.3 Å². The second-order valence-electron chi connectivity index (χ2n) is 21.2. The van der Waals surface area contributed by atoms with E-state index in [1.165, 1.54) is 14.2 Å². The van der Waals surface area contributed by atoms with Gasteiger partial charge in [0.2, 0.25) is 11.8 Å². The summed E-state index contributed by atoms with van der Waals surface area (Å²) in [7, 11) is 2.67. The van der Waals surface area contributed by atoms with Crippen LogP contribution < -0.4 is 10.6 Å². The average Bonchev–Trinajstić information content (AvgIpc) is 4.21. The summed E-state index contributed by atoms with van der Waals surface area (Å²) in [5.41, 5.74) is 5.80. The topological polar surface area (TPSA) is 193 Å². The average molecular weight is 975 g/mol. The van der Waals surface area contributed by atoms with Crippen molar-refractivity contribution >= 4 is 24.0 Å². The van der Waals surface area contributed by atoms with Crippen LogP contribution in [0.2, 0.25) is 0 Å². The second-order valence-corrected chi connectivity index (χ2v) is 21.2. The van der Waals surface area contributed by atoms with E-state index < -0.39 is 24.3 Å². The van der Waals surface area contributed by atoms with E-state index >= 15 is 0 Å². The van der Waals surface area contributed by atoms with Gasteiger partial charge in [-0.2, -0.15) is 0 Å². The number of carbonyl (C=O) groups excluding carboxylic acids is 4. The second kappa shape index (κ2) is 21.2. The van der Waals surface area contributed by atoms with Crippen LogP contribution in [0.1, 0.15) is 136 Å². The minimum atomic E-state index is -0.719. The summed E-state index contributed by atoms with van der Waals surface area (Å²) < 4.78 is 22.6. The number of ether oxygens (including phenoxy) is 4. The maximum Gasteiger partial charge on any atom is 0.407 e. The molecule has 12 atom stereocenters. The van der Waals surface area contributed by atoms with Gasteiger partial charge in [0.15, 0.2) is 0 Å². The van der Waals surface area contributed by atoms with E-state index in [-0.39, 0.29) is 79.7 Å². The molecule has 0 bridgehead atoms. The van der Waals surface area contributed by atoms with Gasteiger partial charge >= 0.3 is 12.2 Å². The standard InChI is InChI=1S/C54H70N8O8.CH4/c1-29-7-21-43(61(29)51(63)47(59-53(65)67-5)39-23-31(3)69-45(25-39)37-17-18-37)49-55-27-41(57-49)35-13-9-33(10-14-35)34-11-15-36(16-12-34)42-28-56-50(58-42)44-22-8-30(2)62(44)52(64)48(60-54(66)68-6)40-24-32(4)70-46(26-40)38-19-20-38;/h9-16,27-32,37-40,43-48H,7-8,17-26H2,1-6H3,(H,55,57)(H,56,58)(H,59,65)(H,60,66);1H4/t29-,30-,31-,32-,39-,40-,43-,44-,45+,46+,47-,48-;/m0./s1. The predicted molar refractivity (Wildman–Crippen MR) is 269 cm³/mol. The van der Waals surface area contributed by atoms with Crippen molar-refractivity contribution in [2.45, 2.75) is 173 Å². The molecule has 4 aliphatic heterocycles. The minimum Gasteiger partial charge on any atom is -0.453 e. The molecule has 4 aromatic rings. The van der Waals surface area contributed by atoms with Gasteiger partial charge in [0.1, 0.15) is 23.7 Å². The number of aromatic nitrogens is 4. The summed E-state index contributed by atoms with van der Waals surface area (Å²) in [5, 5.41) is 5.87. The lowest BCUT2D eigenvalue weighted by Crippen LogP contribution is -2.55. The number of aromatic amines is 2. The van der Waals surface area contributed by atoms with Crippen molar-refractivity contribution in [3.8, 4) is 33.6 Å². The molecule has 6 aliphatic rings. The molecular formula is C55H74N8O8. The Morgan fingerprint density at radius 2 is 0.930 bits per heavy atom. The lowest BCUT2D eigenvalue weighted by Gasteiger charge is -2.40. The fourth-order valence-corrected chi connectivity index (χ4v) is 12.2. The van der Waals surface area contributed by atoms with Crippen LogP contribution >= 0.6 is 0 Å². The molecule has 4 N–H and O–H groups in total. The van der Waals surface area contributed by atoms with Crippen molar-refractivity contribution in [1.82, 2.24) is 40.4 Å². The molecule has 16 nitrogen and oxygen atoms in total. The van der Waals surface area contributed by atoms with Gasteiger partial charge in [0, 0.05) is 12.1 Å². The summed E-state index contributed by atoms with van der Waals surface area (Å²) in [6.07, 6.45) is 13.3. The van der Waals surface area contributed by atoms with Gasteiger partial charge in [-0.3, -0.25) is 9.59 Å². The first-order chi connectivity index (χ1) is 33.8. The molecule has 0 unspecified atom stereocenters. The molecule has 71 heavy (non-hydrogen) atoms. The number of hydrogen-bond donors (Lipinski definition) is 4. The fourth-order valence-electron chi connectivity index (χ4n) is 12.2. The van der Waals surface area contributed by atoms with E-state index in [1.54, 1.807) is 0 Å². The highest BCUT2D eigenvalue weighted by Crippen LogP contribution is 2.45. The van der Waals surface area contributed by atoms with E-state index in [0.29, 0.717) is 24.7 Å². The lowest BCUT2D eigenvalue weighted by molar-refractivity contribution is -0.142. The number of amides is 4. The Balaban J connectivity index is 0.00000624. The zero-order chi connectivity index (χ0) is 48.8. The van der Waals surface area contributed by atoms with Crippen molar-refractivity contribution in [3.05, 3.63) is 72.6 Å². The van der Waals surface area contributed by atoms with Gasteiger partial charge in [0.05, 0.1) is 74.5 Å². The largest absolute Gasteiger partial charge is 0.453 e. The molecule has 2 aliphatic carbocycles. The zero-order valence-electron chi connectivity index (χ0n) is 41.4. The van der Waals surface area contributed by atoms with Crippen molar-refractivity contribution in [3.63, 3.8) is 0 Å². The molecule has 6 fully saturated rings. The molecule has 0 radical (unpaired) electrons. The number of benzene rings is 2. The Hall–Kier alpha value is -5.74. The molecule has 10 rings (SSSR count). The van der Waals surface area contributed by atoms with Gasteiger partial charge in [-0.1, -0.05) is 56.0 Å². The van der Waals surface area contributed by atoms with E-state index in [2.05, 4.69) is 96.8 Å². The smallest absolute Gasteiger partial charge is 0.407 e. The molecule has 4 amide bonds. The third-order valence-corrected chi connectivity index (χ3v) is 16.2. The quantitative estimate of drug-likeness (QED) is 0.100. The normalized spacial score (nSPS) is 29.4. The SMILES string of the molecule is C.COC(=O)N[C@H](C(=O)N1[C@@H](C)CC[C@H]1c1ncc(-c2ccc(-c3ccc(-c4cnc([C@@H]5CC[C@H](C)N5C(=O)[C@@H](NC(=O)OC)[C@H]5C[C@H](C)O[C@@H](C6CC6)C5)[nH]4)cc3)cc2)[nH]1)[C@H]1C[C@H](C)O[C@@H](C2CC2)C1. The number of alkyl carbamates (subject to hydrolysis) is 2. The number of nitrogens with one attached hydrogen (secondary N) is 4. The number of hydrogen-bond acceptors (Lipinski definition) is 10. The Bertz CT molecular complexity index is 2330. The summed E-state index contributed by atoms with van der Waals surface area (Å²) in [6.45, 7) is 8.27. The first-order valence-corrected chi connectivity index (χ1v) is 25.8. The fraction of sp³-hybridized carbons (Fsp3) is 0.600. The molecule has 2 aromatic carbocycles. The van der Waals surface area contributed by atoms with Crippen molar-refractivity contribution < 1.29 is 38.1 Å². The van der Waals surface area contributed by atoms with Crippen LogP contribution in [0.25, 0.3) is 33.6 Å². The van der Waals surface area contributed by atoms with Crippen molar-refractivity contribution in [1.29, 1.82) is 0 Å². The Kier molecular flexibility index (Phi) is 15.0. The Labute approximate surface area is 418 Å². The maximum absolute atomic E-state index is 14.6. The van der Waals surface area contributed by atoms with E-state index in [9.17, 15) is 19.2 Å². The maximum atomic E-state index is 14.6. The highest BCUT2D eigenvalue weighted by atomic mass is 16.5. The van der Waals surface area contributed by atoms with Crippen LogP contribution in [0.4, 0.5) is 9.59 Å². The molecule has 6 heterocycles. The summed E-state index contributed by atoms with van der Waals surface area (Å²) in [5.74, 6) is 2.21. The van der Waals surface area contributed by atoms with E-state index in [0.717, 1.165) is 109 Å². The Morgan fingerprint density at radius 1 is 0.563 bits per heavy atom. The highest BCUT2D eigenvalue weighted by molar-refractivity contribution is 5.88. The van der Waals surface area contributed by atoms with Crippen molar-refractivity contribution in [2.24, 2.45) is 23.7 Å². The third kappa shape index (κ3) is 10.7. The highest BCUT2D eigenvalue weighted by Gasteiger charge is 2.49. The van der Waals surface area contributed by atoms with Gasteiger partial charge in [0.25, 0.3) is 0 Å². The molecule has 0 spiro atoms. The number of H-pyrrole nitrogens is 2. The van der Waals surface area contributed by atoms with Crippen LogP contribution in [0.3, 0.4) is 0 Å². The molecule has 4 saturated heterocycles. The van der Waals surface area contributed by atoms with Crippen LogP contribution in [0.15, 0.2) is 60.9 Å². The van der Waals surface area contributed by atoms with E-state index in [1.807, 2.05) is 22.2 Å². The summed E-state index contributed by atoms with van der Waals surface area (Å²) in [6, 6.07) is 14.7. The number of nitrogens with zero attached hydrogens (tertiary/aromatic N) is 4. The number of rotatable bonds is 13. The number of likely N-dealkylation sites (tertiary alicyclic amines) is 2. The molecule has 2 aromatic heterocycles. The van der Waals surface area contributed by atoms with Crippen LogP contribution in [0.5, 0.6) is 0 Å². The molecule has 382 valence electrons. The molecule has 2 saturated carbocycles. The Morgan fingerprint density at radius 3 is 1.28 bits per heavy atom. The minimum absolute atomic E-state index is 0. The van der Waals surface area contributed by atoms with Crippen LogP contribution in [-0.4, -0.2) is 117 Å². The van der Waals surface area contributed by atoms with Crippen LogP contribution in [0, 0.1) is 23.7 Å². The first-order valence-electron chi connectivity index (χ1n) is 25.8. The number of imidazole rings is 2. The lowest BCUT2D eigenvalue weighted by atomic mass is 9.83. The van der Waals surface area contributed by atoms with Crippen LogP contribution in [-0.2, 0) is 28.5 Å². The molecule has 16 heteroatoms.